The summed E-state index contributed by atoms with van der Waals surface area (Å²) < 4.78 is 10.8. The van der Waals surface area contributed by atoms with Crippen LogP contribution in [0.4, 0.5) is 4.79 Å². The van der Waals surface area contributed by atoms with Crippen molar-refractivity contribution < 1.29 is 14.3 Å². The second kappa shape index (κ2) is 6.43. The molecular formula is C17H25N3O3. The molecule has 2 fully saturated rings. The Hall–Kier alpha value is -1.69. The fourth-order valence-corrected chi connectivity index (χ4v) is 3.09. The van der Waals surface area contributed by atoms with E-state index in [0.29, 0.717) is 19.0 Å². The van der Waals surface area contributed by atoms with E-state index in [1.807, 2.05) is 20.8 Å². The van der Waals surface area contributed by atoms with Crippen LogP contribution in [-0.4, -0.2) is 52.9 Å². The van der Waals surface area contributed by atoms with Gasteiger partial charge >= 0.3 is 6.09 Å². The zero-order valence-corrected chi connectivity index (χ0v) is 14.1. The predicted octanol–water partition coefficient (Wildman–Crippen LogP) is 2.70. The highest BCUT2D eigenvalue weighted by molar-refractivity contribution is 5.69. The summed E-state index contributed by atoms with van der Waals surface area (Å²) in [6, 6.07) is 0. The van der Waals surface area contributed by atoms with E-state index < -0.39 is 5.60 Å². The quantitative estimate of drug-likeness (QED) is 0.838. The standard InChI is InChI=1S/C17H25N3O3/c1-17(2,3)23-16(21)20-10-13(11-20)15-14(18-6-7-19-15)12-4-8-22-9-5-12/h6-7,12-13H,4-5,8-11H2,1-3H3. The van der Waals surface area contributed by atoms with E-state index in [9.17, 15) is 4.79 Å². The van der Waals surface area contributed by atoms with Gasteiger partial charge in [0.15, 0.2) is 0 Å². The molecule has 3 heterocycles. The van der Waals surface area contributed by atoms with Gasteiger partial charge in [0.2, 0.25) is 0 Å². The lowest BCUT2D eigenvalue weighted by Crippen LogP contribution is -2.50. The number of hydrogen-bond donors (Lipinski definition) is 0. The van der Waals surface area contributed by atoms with Gasteiger partial charge in [0.25, 0.3) is 0 Å². The SMILES string of the molecule is CC(C)(C)OC(=O)N1CC(c2nccnc2C2CCOCC2)C1. The molecule has 0 aromatic carbocycles. The first-order valence-electron chi connectivity index (χ1n) is 8.30. The lowest BCUT2D eigenvalue weighted by molar-refractivity contribution is 0.00765. The highest BCUT2D eigenvalue weighted by Crippen LogP contribution is 2.34. The fraction of sp³-hybridized carbons (Fsp3) is 0.706. The van der Waals surface area contributed by atoms with Crippen molar-refractivity contribution in [3.05, 3.63) is 23.8 Å². The number of aromatic nitrogens is 2. The minimum atomic E-state index is -0.456. The molecule has 0 radical (unpaired) electrons. The third-order valence-corrected chi connectivity index (χ3v) is 4.28. The van der Waals surface area contributed by atoms with Gasteiger partial charge in [-0.2, -0.15) is 0 Å². The number of nitrogens with zero attached hydrogens (tertiary/aromatic N) is 3. The van der Waals surface area contributed by atoms with Crippen LogP contribution < -0.4 is 0 Å². The molecule has 6 nitrogen and oxygen atoms in total. The summed E-state index contributed by atoms with van der Waals surface area (Å²) >= 11 is 0. The third kappa shape index (κ3) is 3.80. The molecule has 23 heavy (non-hydrogen) atoms. The van der Waals surface area contributed by atoms with Crippen molar-refractivity contribution >= 4 is 6.09 Å². The van der Waals surface area contributed by atoms with E-state index in [-0.39, 0.29) is 12.0 Å². The second-order valence-electron chi connectivity index (χ2n) is 7.30. The zero-order valence-electron chi connectivity index (χ0n) is 14.1. The Bertz CT molecular complexity index is 558. The highest BCUT2D eigenvalue weighted by atomic mass is 16.6. The number of hydrogen-bond acceptors (Lipinski definition) is 5. The van der Waals surface area contributed by atoms with E-state index in [2.05, 4.69) is 9.97 Å². The molecule has 1 aromatic rings. The summed E-state index contributed by atoms with van der Waals surface area (Å²) in [5.74, 6) is 0.678. The van der Waals surface area contributed by atoms with E-state index in [4.69, 9.17) is 9.47 Å². The summed E-state index contributed by atoms with van der Waals surface area (Å²) in [4.78, 5) is 22.9. The lowest BCUT2D eigenvalue weighted by atomic mass is 9.87. The molecule has 0 bridgehead atoms. The average Bonchev–Trinajstić information content (AvgIpc) is 2.45. The molecule has 3 rings (SSSR count). The number of carbonyl (C=O) groups is 1. The van der Waals surface area contributed by atoms with Crippen LogP contribution in [0.15, 0.2) is 12.4 Å². The summed E-state index contributed by atoms with van der Waals surface area (Å²) in [6.45, 7) is 8.54. The smallest absolute Gasteiger partial charge is 0.410 e. The number of amides is 1. The maximum Gasteiger partial charge on any atom is 0.410 e. The molecule has 126 valence electrons. The largest absolute Gasteiger partial charge is 0.444 e. The summed E-state index contributed by atoms with van der Waals surface area (Å²) in [5, 5.41) is 0. The molecule has 1 aromatic heterocycles. The van der Waals surface area contributed by atoms with Crippen LogP contribution in [0.25, 0.3) is 0 Å². The van der Waals surface area contributed by atoms with Gasteiger partial charge in [-0.3, -0.25) is 9.97 Å². The molecule has 0 atom stereocenters. The van der Waals surface area contributed by atoms with Crippen LogP contribution in [0.3, 0.4) is 0 Å². The van der Waals surface area contributed by atoms with Crippen LogP contribution in [0.2, 0.25) is 0 Å². The van der Waals surface area contributed by atoms with Crippen LogP contribution >= 0.6 is 0 Å². The number of carbonyl (C=O) groups excluding carboxylic acids is 1. The van der Waals surface area contributed by atoms with Crippen molar-refractivity contribution in [2.24, 2.45) is 0 Å². The van der Waals surface area contributed by atoms with Crippen LogP contribution in [0, 0.1) is 0 Å². The Kier molecular flexibility index (Phi) is 4.53. The highest BCUT2D eigenvalue weighted by Gasteiger charge is 2.37. The van der Waals surface area contributed by atoms with E-state index in [0.717, 1.165) is 37.4 Å². The van der Waals surface area contributed by atoms with Crippen LogP contribution in [0.5, 0.6) is 0 Å². The first-order valence-corrected chi connectivity index (χ1v) is 8.30. The fourth-order valence-electron chi connectivity index (χ4n) is 3.09. The molecule has 0 spiro atoms. The van der Waals surface area contributed by atoms with E-state index >= 15 is 0 Å². The molecular weight excluding hydrogens is 294 g/mol. The maximum absolute atomic E-state index is 12.1. The monoisotopic (exact) mass is 319 g/mol. The second-order valence-corrected chi connectivity index (χ2v) is 7.30. The normalized spacial score (nSPS) is 20.2. The van der Waals surface area contributed by atoms with Gasteiger partial charge in [0.1, 0.15) is 5.60 Å². The molecule has 2 saturated heterocycles. The van der Waals surface area contributed by atoms with Crippen molar-refractivity contribution in [1.82, 2.24) is 14.9 Å². The van der Waals surface area contributed by atoms with Gasteiger partial charge in [0, 0.05) is 50.5 Å². The van der Waals surface area contributed by atoms with Gasteiger partial charge in [-0.1, -0.05) is 0 Å². The number of ether oxygens (including phenoxy) is 2. The maximum atomic E-state index is 12.1. The zero-order chi connectivity index (χ0) is 16.4. The molecule has 6 heteroatoms. The summed E-state index contributed by atoms with van der Waals surface area (Å²) in [7, 11) is 0. The molecule has 0 N–H and O–H groups in total. The van der Waals surface area contributed by atoms with Crippen molar-refractivity contribution in [2.45, 2.75) is 51.0 Å². The van der Waals surface area contributed by atoms with Gasteiger partial charge in [-0.05, 0) is 33.6 Å². The summed E-state index contributed by atoms with van der Waals surface area (Å²) in [6.07, 6.45) is 5.25. The minimum absolute atomic E-state index is 0.245. The van der Waals surface area contributed by atoms with Crippen molar-refractivity contribution in [1.29, 1.82) is 0 Å². The van der Waals surface area contributed by atoms with Crippen molar-refractivity contribution in [2.75, 3.05) is 26.3 Å². The topological polar surface area (TPSA) is 64.5 Å². The first-order chi connectivity index (χ1) is 10.9. The Balaban J connectivity index is 1.64. The van der Waals surface area contributed by atoms with Crippen LogP contribution in [-0.2, 0) is 9.47 Å². The molecule has 0 saturated carbocycles. The number of likely N-dealkylation sites (tertiary alicyclic amines) is 1. The third-order valence-electron chi connectivity index (χ3n) is 4.28. The molecule has 0 aliphatic carbocycles. The molecule has 2 aliphatic heterocycles. The Morgan fingerprint density at radius 2 is 1.70 bits per heavy atom. The first kappa shape index (κ1) is 16.2. The Morgan fingerprint density at radius 1 is 1.13 bits per heavy atom. The predicted molar refractivity (Wildman–Crippen MR) is 85.4 cm³/mol. The minimum Gasteiger partial charge on any atom is -0.444 e. The molecule has 1 amide bonds. The molecule has 2 aliphatic rings. The Morgan fingerprint density at radius 3 is 2.26 bits per heavy atom. The van der Waals surface area contributed by atoms with E-state index in [1.54, 1.807) is 17.3 Å². The number of rotatable bonds is 2. The van der Waals surface area contributed by atoms with Crippen molar-refractivity contribution in [3.8, 4) is 0 Å². The van der Waals surface area contributed by atoms with E-state index in [1.165, 1.54) is 0 Å². The molecule has 0 unspecified atom stereocenters. The Labute approximate surface area is 137 Å². The van der Waals surface area contributed by atoms with Gasteiger partial charge in [-0.25, -0.2) is 4.79 Å². The van der Waals surface area contributed by atoms with Gasteiger partial charge < -0.3 is 14.4 Å². The van der Waals surface area contributed by atoms with Gasteiger partial charge in [0.05, 0.1) is 11.4 Å². The van der Waals surface area contributed by atoms with Crippen LogP contribution in [0.1, 0.15) is 56.8 Å². The average molecular weight is 319 g/mol. The summed E-state index contributed by atoms with van der Waals surface area (Å²) in [5.41, 5.74) is 1.67. The lowest BCUT2D eigenvalue weighted by Gasteiger charge is -2.40. The van der Waals surface area contributed by atoms with Crippen molar-refractivity contribution in [3.63, 3.8) is 0 Å². The van der Waals surface area contributed by atoms with Gasteiger partial charge in [-0.15, -0.1) is 0 Å².